The monoisotopic (exact) mass is 393 g/mol. The molecule has 0 fully saturated rings. The Hall–Kier alpha value is -2.63. The van der Waals surface area contributed by atoms with Gasteiger partial charge in [0, 0.05) is 57.1 Å². The van der Waals surface area contributed by atoms with Gasteiger partial charge in [0.15, 0.2) is 0 Å². The average Bonchev–Trinajstić information content (AvgIpc) is 2.69. The maximum absolute atomic E-state index is 6.21. The summed E-state index contributed by atoms with van der Waals surface area (Å²) >= 11 is 6.21. The fourth-order valence-corrected chi connectivity index (χ4v) is 3.70. The molecule has 4 rings (SSSR count). The van der Waals surface area contributed by atoms with Gasteiger partial charge in [0.05, 0.1) is 5.69 Å². The van der Waals surface area contributed by atoms with Gasteiger partial charge in [-0.15, -0.1) is 0 Å². The van der Waals surface area contributed by atoms with Crippen molar-refractivity contribution in [2.75, 3.05) is 30.9 Å². The van der Waals surface area contributed by atoms with Crippen LogP contribution in [-0.2, 0) is 19.5 Å². The van der Waals surface area contributed by atoms with Gasteiger partial charge in [0.2, 0.25) is 5.28 Å². The smallest absolute Gasteiger partial charge is 0.224 e. The van der Waals surface area contributed by atoms with Gasteiger partial charge >= 0.3 is 0 Å². The summed E-state index contributed by atoms with van der Waals surface area (Å²) in [5.74, 6) is 0.795. The summed E-state index contributed by atoms with van der Waals surface area (Å²) in [6, 6.07) is 18.8. The quantitative estimate of drug-likeness (QED) is 0.646. The molecule has 1 aliphatic heterocycles. The second-order valence-electron chi connectivity index (χ2n) is 7.28. The highest BCUT2D eigenvalue weighted by molar-refractivity contribution is 6.28. The first kappa shape index (κ1) is 18.7. The Morgan fingerprint density at radius 3 is 2.68 bits per heavy atom. The molecular formula is C22H24ClN5. The molecule has 2 heterocycles. The average molecular weight is 394 g/mol. The zero-order valence-corrected chi connectivity index (χ0v) is 16.9. The standard InChI is InChI=1S/C22H24ClN5/c1-27(2)18-10-6-9-17(13-18)24-21-19-15-28(14-16-7-4-3-5-8-16)12-11-20(19)25-22(23)26-21/h3-10,13H,11-12,14-15H2,1-2H3,(H,24,25,26). The summed E-state index contributed by atoms with van der Waals surface area (Å²) in [6.45, 7) is 2.68. The zero-order valence-electron chi connectivity index (χ0n) is 16.2. The molecule has 0 saturated heterocycles. The number of aromatic nitrogens is 2. The first-order chi connectivity index (χ1) is 13.6. The van der Waals surface area contributed by atoms with Crippen LogP contribution in [0, 0.1) is 0 Å². The predicted molar refractivity (Wildman–Crippen MR) is 115 cm³/mol. The van der Waals surface area contributed by atoms with E-state index in [0.29, 0.717) is 5.28 Å². The molecular weight excluding hydrogens is 370 g/mol. The van der Waals surface area contributed by atoms with Crippen molar-refractivity contribution in [3.05, 3.63) is 76.7 Å². The Bertz CT molecular complexity index is 958. The minimum Gasteiger partial charge on any atom is -0.378 e. The summed E-state index contributed by atoms with van der Waals surface area (Å²) in [5, 5.41) is 3.76. The molecule has 1 N–H and O–H groups in total. The molecule has 0 amide bonds. The number of rotatable bonds is 5. The molecule has 0 radical (unpaired) electrons. The lowest BCUT2D eigenvalue weighted by molar-refractivity contribution is 0.243. The van der Waals surface area contributed by atoms with Gasteiger partial charge in [0.1, 0.15) is 5.82 Å². The Morgan fingerprint density at radius 1 is 1.07 bits per heavy atom. The molecule has 5 nitrogen and oxygen atoms in total. The zero-order chi connectivity index (χ0) is 19.5. The van der Waals surface area contributed by atoms with Crippen molar-refractivity contribution >= 4 is 28.8 Å². The second kappa shape index (κ2) is 8.17. The highest BCUT2D eigenvalue weighted by Gasteiger charge is 2.22. The maximum atomic E-state index is 6.21. The van der Waals surface area contributed by atoms with Crippen LogP contribution in [0.2, 0.25) is 5.28 Å². The van der Waals surface area contributed by atoms with Crippen LogP contribution in [-0.4, -0.2) is 35.5 Å². The van der Waals surface area contributed by atoms with Crippen molar-refractivity contribution in [1.29, 1.82) is 0 Å². The fourth-order valence-electron chi connectivity index (χ4n) is 3.52. The minimum absolute atomic E-state index is 0.293. The molecule has 0 spiro atoms. The Balaban J connectivity index is 1.59. The van der Waals surface area contributed by atoms with Crippen LogP contribution >= 0.6 is 11.6 Å². The van der Waals surface area contributed by atoms with E-state index in [4.69, 9.17) is 11.6 Å². The van der Waals surface area contributed by atoms with Crippen LogP contribution in [0.3, 0.4) is 0 Å². The third kappa shape index (κ3) is 4.26. The van der Waals surface area contributed by atoms with Crippen molar-refractivity contribution in [1.82, 2.24) is 14.9 Å². The molecule has 1 aliphatic rings. The van der Waals surface area contributed by atoms with Crippen molar-refractivity contribution < 1.29 is 0 Å². The van der Waals surface area contributed by atoms with E-state index in [0.717, 1.165) is 54.5 Å². The lowest BCUT2D eigenvalue weighted by Gasteiger charge is -2.29. The minimum atomic E-state index is 0.293. The number of nitrogens with one attached hydrogen (secondary N) is 1. The Kier molecular flexibility index (Phi) is 5.46. The van der Waals surface area contributed by atoms with Gasteiger partial charge in [-0.05, 0) is 35.4 Å². The largest absolute Gasteiger partial charge is 0.378 e. The normalized spacial score (nSPS) is 13.8. The highest BCUT2D eigenvalue weighted by atomic mass is 35.5. The van der Waals surface area contributed by atoms with E-state index in [1.54, 1.807) is 0 Å². The van der Waals surface area contributed by atoms with E-state index in [1.165, 1.54) is 5.56 Å². The number of hydrogen-bond donors (Lipinski definition) is 1. The number of nitrogens with zero attached hydrogens (tertiary/aromatic N) is 4. The molecule has 3 aromatic rings. The van der Waals surface area contributed by atoms with Crippen LogP contribution in [0.15, 0.2) is 54.6 Å². The van der Waals surface area contributed by atoms with Crippen LogP contribution < -0.4 is 10.2 Å². The van der Waals surface area contributed by atoms with Crippen LogP contribution in [0.1, 0.15) is 16.8 Å². The van der Waals surface area contributed by atoms with E-state index < -0.39 is 0 Å². The van der Waals surface area contributed by atoms with E-state index in [9.17, 15) is 0 Å². The highest BCUT2D eigenvalue weighted by Crippen LogP contribution is 2.29. The molecule has 144 valence electrons. The van der Waals surface area contributed by atoms with Gasteiger partial charge in [-0.25, -0.2) is 9.97 Å². The van der Waals surface area contributed by atoms with E-state index in [2.05, 4.69) is 67.5 Å². The summed E-state index contributed by atoms with van der Waals surface area (Å²) in [4.78, 5) is 13.5. The molecule has 0 aliphatic carbocycles. The fraction of sp³-hybridized carbons (Fsp3) is 0.273. The number of fused-ring (bicyclic) bond motifs is 1. The molecule has 0 saturated carbocycles. The molecule has 0 unspecified atom stereocenters. The summed E-state index contributed by atoms with van der Waals surface area (Å²) in [7, 11) is 4.06. The van der Waals surface area contributed by atoms with Crippen LogP contribution in [0.25, 0.3) is 0 Å². The van der Waals surface area contributed by atoms with E-state index in [1.807, 2.05) is 26.2 Å². The van der Waals surface area contributed by atoms with E-state index in [-0.39, 0.29) is 0 Å². The van der Waals surface area contributed by atoms with Gasteiger partial charge < -0.3 is 10.2 Å². The number of halogens is 1. The molecule has 1 aromatic heterocycles. The van der Waals surface area contributed by atoms with Crippen LogP contribution in [0.5, 0.6) is 0 Å². The summed E-state index contributed by atoms with van der Waals surface area (Å²) in [6.07, 6.45) is 0.872. The maximum Gasteiger partial charge on any atom is 0.224 e. The SMILES string of the molecule is CN(C)c1cccc(Nc2nc(Cl)nc3c2CN(Cc2ccccc2)CC3)c1. The third-order valence-electron chi connectivity index (χ3n) is 4.99. The lowest BCUT2D eigenvalue weighted by Crippen LogP contribution is -2.31. The molecule has 0 atom stereocenters. The first-order valence-electron chi connectivity index (χ1n) is 9.44. The van der Waals surface area contributed by atoms with Crippen LogP contribution in [0.4, 0.5) is 17.2 Å². The molecule has 6 heteroatoms. The Labute approximate surface area is 171 Å². The van der Waals surface area contributed by atoms with Crippen molar-refractivity contribution in [3.63, 3.8) is 0 Å². The van der Waals surface area contributed by atoms with Gasteiger partial charge in [-0.2, -0.15) is 0 Å². The Morgan fingerprint density at radius 2 is 1.89 bits per heavy atom. The predicted octanol–water partition coefficient (Wildman–Crippen LogP) is 4.50. The van der Waals surface area contributed by atoms with Crippen molar-refractivity contribution in [2.45, 2.75) is 19.5 Å². The molecule has 28 heavy (non-hydrogen) atoms. The molecule has 2 aromatic carbocycles. The lowest BCUT2D eigenvalue weighted by atomic mass is 10.0. The number of hydrogen-bond acceptors (Lipinski definition) is 5. The molecule has 0 bridgehead atoms. The second-order valence-corrected chi connectivity index (χ2v) is 7.62. The third-order valence-corrected chi connectivity index (χ3v) is 5.16. The van der Waals surface area contributed by atoms with Gasteiger partial charge in [0.25, 0.3) is 0 Å². The van der Waals surface area contributed by atoms with Crippen molar-refractivity contribution in [3.8, 4) is 0 Å². The van der Waals surface area contributed by atoms with E-state index >= 15 is 0 Å². The first-order valence-corrected chi connectivity index (χ1v) is 9.82. The van der Waals surface area contributed by atoms with Gasteiger partial charge in [-0.3, -0.25) is 4.90 Å². The summed E-state index contributed by atoms with van der Waals surface area (Å²) in [5.41, 5.74) is 5.60. The number of anilines is 3. The van der Waals surface area contributed by atoms with Gasteiger partial charge in [-0.1, -0.05) is 36.4 Å². The van der Waals surface area contributed by atoms with Crippen molar-refractivity contribution in [2.24, 2.45) is 0 Å². The topological polar surface area (TPSA) is 44.3 Å². The number of benzene rings is 2. The summed E-state index contributed by atoms with van der Waals surface area (Å²) < 4.78 is 0.